The number of phenolic OH excluding ortho intramolecular Hbond substituents is 1. The molecule has 0 heterocycles. The van der Waals surface area contributed by atoms with Crippen LogP contribution in [0.5, 0.6) is 11.5 Å². The molecule has 0 spiro atoms. The summed E-state index contributed by atoms with van der Waals surface area (Å²) in [6.45, 7) is 0.234. The Morgan fingerprint density at radius 1 is 1.13 bits per heavy atom. The van der Waals surface area contributed by atoms with Crippen molar-refractivity contribution in [2.24, 2.45) is 0 Å². The monoisotopic (exact) mass is 314 g/mol. The van der Waals surface area contributed by atoms with Gasteiger partial charge in [-0.1, -0.05) is 30.3 Å². The van der Waals surface area contributed by atoms with Gasteiger partial charge in [-0.05, 0) is 23.3 Å². The zero-order valence-electron chi connectivity index (χ0n) is 13.0. The minimum Gasteiger partial charge on any atom is -0.508 e. The Balaban J connectivity index is 2.26. The predicted octanol–water partition coefficient (Wildman–Crippen LogP) is 3.13. The number of rotatable bonds is 6. The highest BCUT2D eigenvalue weighted by Crippen LogP contribution is 2.24. The van der Waals surface area contributed by atoms with Gasteiger partial charge in [-0.2, -0.15) is 0 Å². The standard InChI is InChI=1S/C18H18O5/c1-21-12-17(18(20)22-2)16-9-4-3-6-13(16)11-23-15-8-5-7-14(19)10-15/h3-10,12,19H,11H2,1-2H3/b17-12-. The molecule has 0 aliphatic heterocycles. The fourth-order valence-corrected chi connectivity index (χ4v) is 2.09. The average Bonchev–Trinajstić information content (AvgIpc) is 2.58. The lowest BCUT2D eigenvalue weighted by atomic mass is 10.0. The molecule has 0 saturated carbocycles. The fraction of sp³-hybridized carbons (Fsp3) is 0.167. The van der Waals surface area contributed by atoms with Gasteiger partial charge < -0.3 is 19.3 Å². The van der Waals surface area contributed by atoms with Crippen LogP contribution in [-0.4, -0.2) is 25.3 Å². The molecule has 5 nitrogen and oxygen atoms in total. The first-order chi connectivity index (χ1) is 11.2. The van der Waals surface area contributed by atoms with E-state index in [0.717, 1.165) is 5.56 Å². The lowest BCUT2D eigenvalue weighted by molar-refractivity contribution is -0.133. The molecule has 2 aromatic carbocycles. The maximum absolute atomic E-state index is 11.9. The largest absolute Gasteiger partial charge is 0.508 e. The third kappa shape index (κ3) is 4.26. The summed E-state index contributed by atoms with van der Waals surface area (Å²) in [6.07, 6.45) is 1.35. The number of carbonyl (C=O) groups excluding carboxylic acids is 1. The Morgan fingerprint density at radius 3 is 2.61 bits per heavy atom. The number of methoxy groups -OCH3 is 2. The van der Waals surface area contributed by atoms with E-state index in [1.54, 1.807) is 24.3 Å². The number of aromatic hydroxyl groups is 1. The molecule has 2 rings (SSSR count). The fourth-order valence-electron chi connectivity index (χ4n) is 2.09. The molecule has 0 aromatic heterocycles. The molecular weight excluding hydrogens is 296 g/mol. The zero-order valence-corrected chi connectivity index (χ0v) is 13.0. The SMILES string of the molecule is CO/C=C(\C(=O)OC)c1ccccc1COc1cccc(O)c1. The van der Waals surface area contributed by atoms with Crippen molar-refractivity contribution < 1.29 is 24.1 Å². The summed E-state index contributed by atoms with van der Waals surface area (Å²) in [5.74, 6) is 0.178. The van der Waals surface area contributed by atoms with E-state index in [1.165, 1.54) is 26.5 Å². The quantitative estimate of drug-likeness (QED) is 0.504. The topological polar surface area (TPSA) is 65.0 Å². The van der Waals surface area contributed by atoms with Gasteiger partial charge in [-0.3, -0.25) is 0 Å². The van der Waals surface area contributed by atoms with Gasteiger partial charge in [0.15, 0.2) is 0 Å². The number of hydrogen-bond acceptors (Lipinski definition) is 5. The van der Waals surface area contributed by atoms with E-state index in [0.29, 0.717) is 16.9 Å². The minimum absolute atomic E-state index is 0.130. The Morgan fingerprint density at radius 2 is 1.91 bits per heavy atom. The molecule has 0 aliphatic rings. The Hall–Kier alpha value is -2.95. The van der Waals surface area contributed by atoms with Gasteiger partial charge in [0.25, 0.3) is 0 Å². The lowest BCUT2D eigenvalue weighted by Crippen LogP contribution is -2.08. The van der Waals surface area contributed by atoms with Gasteiger partial charge in [0, 0.05) is 6.07 Å². The first-order valence-corrected chi connectivity index (χ1v) is 6.97. The van der Waals surface area contributed by atoms with Crippen LogP contribution in [0.25, 0.3) is 5.57 Å². The van der Waals surface area contributed by atoms with Crippen molar-refractivity contribution >= 4 is 11.5 Å². The number of carbonyl (C=O) groups is 1. The molecule has 0 fully saturated rings. The van der Waals surface area contributed by atoms with Crippen LogP contribution in [0.1, 0.15) is 11.1 Å². The predicted molar refractivity (Wildman–Crippen MR) is 85.9 cm³/mol. The van der Waals surface area contributed by atoms with E-state index in [9.17, 15) is 9.90 Å². The normalized spacial score (nSPS) is 11.0. The Kier molecular flexibility index (Phi) is 5.63. The second kappa shape index (κ2) is 7.89. The minimum atomic E-state index is -0.489. The summed E-state index contributed by atoms with van der Waals surface area (Å²) in [5, 5.41) is 9.46. The molecule has 0 unspecified atom stereocenters. The van der Waals surface area contributed by atoms with Crippen molar-refractivity contribution in [1.82, 2.24) is 0 Å². The first kappa shape index (κ1) is 16.4. The molecule has 23 heavy (non-hydrogen) atoms. The van der Waals surface area contributed by atoms with Crippen molar-refractivity contribution in [2.45, 2.75) is 6.61 Å². The highest BCUT2D eigenvalue weighted by Gasteiger charge is 2.16. The maximum Gasteiger partial charge on any atom is 0.341 e. The second-order valence-electron chi connectivity index (χ2n) is 4.70. The second-order valence-corrected chi connectivity index (χ2v) is 4.70. The van der Waals surface area contributed by atoms with Crippen molar-refractivity contribution in [1.29, 1.82) is 0 Å². The smallest absolute Gasteiger partial charge is 0.341 e. The van der Waals surface area contributed by atoms with Crippen molar-refractivity contribution in [3.05, 3.63) is 65.9 Å². The molecule has 5 heteroatoms. The summed E-state index contributed by atoms with van der Waals surface area (Å²) in [5.41, 5.74) is 1.77. The highest BCUT2D eigenvalue weighted by molar-refractivity contribution is 6.16. The summed E-state index contributed by atoms with van der Waals surface area (Å²) in [6, 6.07) is 13.8. The van der Waals surface area contributed by atoms with Crippen molar-refractivity contribution in [3.8, 4) is 11.5 Å². The van der Waals surface area contributed by atoms with E-state index in [4.69, 9.17) is 14.2 Å². The summed E-state index contributed by atoms with van der Waals surface area (Å²) >= 11 is 0. The molecule has 120 valence electrons. The van der Waals surface area contributed by atoms with Crippen molar-refractivity contribution in [3.63, 3.8) is 0 Å². The number of benzene rings is 2. The molecule has 1 N–H and O–H groups in total. The van der Waals surface area contributed by atoms with Crippen LogP contribution < -0.4 is 4.74 Å². The molecule has 0 radical (unpaired) electrons. The highest BCUT2D eigenvalue weighted by atomic mass is 16.5. The van der Waals surface area contributed by atoms with E-state index in [2.05, 4.69) is 0 Å². The van der Waals surface area contributed by atoms with Crippen LogP contribution in [-0.2, 0) is 20.9 Å². The van der Waals surface area contributed by atoms with Crippen LogP contribution in [0.15, 0.2) is 54.8 Å². The first-order valence-electron chi connectivity index (χ1n) is 6.97. The molecule has 0 saturated heterocycles. The lowest BCUT2D eigenvalue weighted by Gasteiger charge is -2.12. The molecule has 2 aromatic rings. The average molecular weight is 314 g/mol. The van der Waals surface area contributed by atoms with Gasteiger partial charge in [-0.25, -0.2) is 4.79 Å². The number of hydrogen-bond donors (Lipinski definition) is 1. The van der Waals surface area contributed by atoms with Crippen LogP contribution in [0.4, 0.5) is 0 Å². The molecular formula is C18H18O5. The Labute approximate surface area is 134 Å². The summed E-state index contributed by atoms with van der Waals surface area (Å²) in [4.78, 5) is 11.9. The van der Waals surface area contributed by atoms with E-state index >= 15 is 0 Å². The molecule has 0 amide bonds. The molecule has 0 bridgehead atoms. The van der Waals surface area contributed by atoms with E-state index < -0.39 is 5.97 Å². The zero-order chi connectivity index (χ0) is 16.7. The van der Waals surface area contributed by atoms with Gasteiger partial charge >= 0.3 is 5.97 Å². The third-order valence-corrected chi connectivity index (χ3v) is 3.16. The number of phenols is 1. The third-order valence-electron chi connectivity index (χ3n) is 3.16. The van der Waals surface area contributed by atoms with Gasteiger partial charge in [0.2, 0.25) is 0 Å². The van der Waals surface area contributed by atoms with Crippen LogP contribution in [0.2, 0.25) is 0 Å². The van der Waals surface area contributed by atoms with Gasteiger partial charge in [0.1, 0.15) is 23.7 Å². The van der Waals surface area contributed by atoms with Crippen LogP contribution in [0, 0.1) is 0 Å². The van der Waals surface area contributed by atoms with Gasteiger partial charge in [-0.15, -0.1) is 0 Å². The maximum atomic E-state index is 11.9. The summed E-state index contributed by atoms with van der Waals surface area (Å²) < 4.78 is 15.4. The van der Waals surface area contributed by atoms with Gasteiger partial charge in [0.05, 0.1) is 20.5 Å². The number of ether oxygens (including phenoxy) is 3. The van der Waals surface area contributed by atoms with Crippen molar-refractivity contribution in [2.75, 3.05) is 14.2 Å². The Bertz CT molecular complexity index is 706. The molecule has 0 atom stereocenters. The molecule has 0 aliphatic carbocycles. The number of esters is 1. The van der Waals surface area contributed by atoms with E-state index in [1.807, 2.05) is 18.2 Å². The van der Waals surface area contributed by atoms with E-state index in [-0.39, 0.29) is 12.4 Å². The van der Waals surface area contributed by atoms with Crippen LogP contribution >= 0.6 is 0 Å². The van der Waals surface area contributed by atoms with Crippen LogP contribution in [0.3, 0.4) is 0 Å². The summed E-state index contributed by atoms with van der Waals surface area (Å²) in [7, 11) is 2.78.